The van der Waals surface area contributed by atoms with Gasteiger partial charge >= 0.3 is 0 Å². The summed E-state index contributed by atoms with van der Waals surface area (Å²) in [5.41, 5.74) is 1.90. The second kappa shape index (κ2) is 14.4. The molecule has 0 aliphatic heterocycles. The maximum Gasteiger partial charge on any atom is 0.243 e. The zero-order chi connectivity index (χ0) is 28.6. The number of amides is 2. The molecule has 1 N–H and O–H groups in total. The van der Waals surface area contributed by atoms with Crippen LogP contribution in [0.15, 0.2) is 42.5 Å². The number of hydrogen-bond donors (Lipinski definition) is 1. The minimum Gasteiger partial charge on any atom is -0.352 e. The molecule has 0 bridgehead atoms. The molecule has 39 heavy (non-hydrogen) atoms. The molecule has 1 unspecified atom stereocenters. The van der Waals surface area contributed by atoms with Crippen molar-refractivity contribution >= 4 is 50.7 Å². The minimum absolute atomic E-state index is 0.0727. The maximum atomic E-state index is 13.7. The monoisotopic (exact) mass is 595 g/mol. The van der Waals surface area contributed by atoms with Crippen molar-refractivity contribution in [2.24, 2.45) is 0 Å². The molecule has 0 saturated heterocycles. The van der Waals surface area contributed by atoms with E-state index >= 15 is 0 Å². The van der Waals surface area contributed by atoms with Crippen molar-refractivity contribution in [3.05, 3.63) is 63.6 Å². The van der Waals surface area contributed by atoms with Crippen LogP contribution in [0.3, 0.4) is 0 Å². The first-order valence-corrected chi connectivity index (χ1v) is 16.2. The van der Waals surface area contributed by atoms with Gasteiger partial charge in [0, 0.05) is 35.6 Å². The van der Waals surface area contributed by atoms with Crippen molar-refractivity contribution in [3.63, 3.8) is 0 Å². The van der Waals surface area contributed by atoms with Gasteiger partial charge in [-0.1, -0.05) is 73.7 Å². The fraction of sp³-hybridized carbons (Fsp3) is 0.517. The summed E-state index contributed by atoms with van der Waals surface area (Å²) in [6.45, 7) is 3.96. The van der Waals surface area contributed by atoms with Gasteiger partial charge in [0.15, 0.2) is 0 Å². The van der Waals surface area contributed by atoms with Crippen LogP contribution >= 0.6 is 23.2 Å². The van der Waals surface area contributed by atoms with Gasteiger partial charge in [-0.15, -0.1) is 0 Å². The Labute approximate surface area is 242 Å². The van der Waals surface area contributed by atoms with E-state index in [0.717, 1.165) is 37.5 Å². The molecule has 3 rings (SSSR count). The predicted octanol–water partition coefficient (Wildman–Crippen LogP) is 6.10. The van der Waals surface area contributed by atoms with Crippen molar-refractivity contribution in [2.45, 2.75) is 83.8 Å². The van der Waals surface area contributed by atoms with Crippen molar-refractivity contribution in [1.82, 2.24) is 10.2 Å². The molecule has 1 fully saturated rings. The van der Waals surface area contributed by atoms with Gasteiger partial charge in [0.1, 0.15) is 6.04 Å². The molecule has 214 valence electrons. The maximum absolute atomic E-state index is 13.7. The number of nitrogens with zero attached hydrogens (tertiary/aromatic N) is 2. The lowest BCUT2D eigenvalue weighted by molar-refractivity contribution is -0.141. The first kappa shape index (κ1) is 31.2. The second-order valence-corrected chi connectivity index (χ2v) is 12.9. The van der Waals surface area contributed by atoms with Gasteiger partial charge < -0.3 is 10.2 Å². The summed E-state index contributed by atoms with van der Waals surface area (Å²) in [4.78, 5) is 28.6. The molecule has 0 heterocycles. The molecule has 7 nitrogen and oxygen atoms in total. The summed E-state index contributed by atoms with van der Waals surface area (Å²) in [5, 5.41) is 4.16. The molecule has 1 atom stereocenters. The van der Waals surface area contributed by atoms with Gasteiger partial charge in [-0.25, -0.2) is 8.42 Å². The third kappa shape index (κ3) is 8.60. The van der Waals surface area contributed by atoms with Crippen LogP contribution in [0.1, 0.15) is 69.4 Å². The summed E-state index contributed by atoms with van der Waals surface area (Å²) < 4.78 is 26.6. The SMILES string of the molecule is CCC(C(=O)NC1CCCCC1)N(Cc1ccccc1Cl)C(=O)CCCN(c1cccc(Cl)c1C)S(C)(=O)=O. The van der Waals surface area contributed by atoms with E-state index in [4.69, 9.17) is 23.2 Å². The molecule has 1 saturated carbocycles. The first-order valence-electron chi connectivity index (χ1n) is 13.6. The van der Waals surface area contributed by atoms with Crippen LogP contribution < -0.4 is 9.62 Å². The number of rotatable bonds is 12. The van der Waals surface area contributed by atoms with Crippen LogP contribution in [0.2, 0.25) is 10.0 Å². The highest BCUT2D eigenvalue weighted by molar-refractivity contribution is 7.92. The van der Waals surface area contributed by atoms with Crippen molar-refractivity contribution < 1.29 is 18.0 Å². The number of nitrogens with one attached hydrogen (secondary N) is 1. The van der Waals surface area contributed by atoms with Crippen LogP contribution in [-0.4, -0.2) is 50.0 Å². The Bertz CT molecular complexity index is 1250. The van der Waals surface area contributed by atoms with Crippen molar-refractivity contribution in [2.75, 3.05) is 17.1 Å². The summed E-state index contributed by atoms with van der Waals surface area (Å²) in [6.07, 6.45) is 7.20. The molecule has 1 aliphatic rings. The Hall–Kier alpha value is -2.29. The number of carbonyl (C=O) groups is 2. The fourth-order valence-electron chi connectivity index (χ4n) is 5.12. The second-order valence-electron chi connectivity index (χ2n) is 10.2. The zero-order valence-electron chi connectivity index (χ0n) is 23.0. The number of hydrogen-bond acceptors (Lipinski definition) is 4. The predicted molar refractivity (Wildman–Crippen MR) is 159 cm³/mol. The van der Waals surface area contributed by atoms with E-state index in [9.17, 15) is 18.0 Å². The molecule has 10 heteroatoms. The van der Waals surface area contributed by atoms with E-state index in [1.165, 1.54) is 10.7 Å². The molecule has 0 aromatic heterocycles. The van der Waals surface area contributed by atoms with E-state index in [0.29, 0.717) is 27.7 Å². The highest BCUT2D eigenvalue weighted by Gasteiger charge is 2.31. The standard InChI is InChI=1S/C29H39Cl2N3O4S/c1-4-26(29(36)32-23-13-6-5-7-14-23)33(20-22-12-8-9-15-25(22)31)28(35)18-11-19-34(39(3,37)38)27-17-10-16-24(30)21(27)2/h8-10,12,15-17,23,26H,4-7,11,13-14,18-20H2,1-3H3,(H,32,36). The Kier molecular flexibility index (Phi) is 11.5. The zero-order valence-corrected chi connectivity index (χ0v) is 25.3. The van der Waals surface area contributed by atoms with Gasteiger partial charge in [0.25, 0.3) is 0 Å². The highest BCUT2D eigenvalue weighted by atomic mass is 35.5. The van der Waals surface area contributed by atoms with E-state index in [1.807, 2.05) is 25.1 Å². The van der Waals surface area contributed by atoms with Crippen LogP contribution in [0.5, 0.6) is 0 Å². The van der Waals surface area contributed by atoms with Crippen molar-refractivity contribution in [3.8, 4) is 0 Å². The first-order chi connectivity index (χ1) is 18.5. The topological polar surface area (TPSA) is 86.8 Å². The van der Waals surface area contributed by atoms with Crippen LogP contribution in [0.25, 0.3) is 0 Å². The van der Waals surface area contributed by atoms with Crippen LogP contribution in [0.4, 0.5) is 5.69 Å². The third-order valence-corrected chi connectivity index (χ3v) is 9.25. The lowest BCUT2D eigenvalue weighted by Crippen LogP contribution is -2.51. The molecule has 0 radical (unpaired) electrons. The lowest BCUT2D eigenvalue weighted by Gasteiger charge is -2.33. The van der Waals surface area contributed by atoms with Crippen LogP contribution in [0, 0.1) is 6.92 Å². The summed E-state index contributed by atoms with van der Waals surface area (Å²) in [6, 6.07) is 11.9. The van der Waals surface area contributed by atoms with E-state index in [1.54, 1.807) is 36.1 Å². The Morgan fingerprint density at radius 2 is 1.69 bits per heavy atom. The summed E-state index contributed by atoms with van der Waals surface area (Å²) in [7, 11) is -3.61. The number of anilines is 1. The van der Waals surface area contributed by atoms with Gasteiger partial charge in [-0.05, 0) is 61.9 Å². The van der Waals surface area contributed by atoms with Gasteiger partial charge in [0.05, 0.1) is 11.9 Å². The Morgan fingerprint density at radius 3 is 2.33 bits per heavy atom. The molecule has 2 amide bonds. The van der Waals surface area contributed by atoms with E-state index < -0.39 is 16.1 Å². The summed E-state index contributed by atoms with van der Waals surface area (Å²) in [5.74, 6) is -0.381. The molecular weight excluding hydrogens is 557 g/mol. The molecule has 2 aromatic carbocycles. The van der Waals surface area contributed by atoms with E-state index in [2.05, 4.69) is 5.32 Å². The van der Waals surface area contributed by atoms with Crippen molar-refractivity contribution in [1.29, 1.82) is 0 Å². The van der Waals surface area contributed by atoms with Gasteiger partial charge in [-0.2, -0.15) is 0 Å². The van der Waals surface area contributed by atoms with E-state index in [-0.39, 0.29) is 43.8 Å². The average molecular weight is 597 g/mol. The average Bonchev–Trinajstić information content (AvgIpc) is 2.89. The lowest BCUT2D eigenvalue weighted by atomic mass is 9.95. The molecular formula is C29H39Cl2N3O4S. The highest BCUT2D eigenvalue weighted by Crippen LogP contribution is 2.29. The normalized spacial score (nSPS) is 15.0. The molecule has 2 aromatic rings. The number of carbonyl (C=O) groups excluding carboxylic acids is 2. The molecule has 0 spiro atoms. The molecule has 1 aliphatic carbocycles. The minimum atomic E-state index is -3.61. The smallest absolute Gasteiger partial charge is 0.243 e. The number of halogens is 2. The quantitative estimate of drug-likeness (QED) is 0.321. The summed E-state index contributed by atoms with van der Waals surface area (Å²) >= 11 is 12.7. The van der Waals surface area contributed by atoms with Crippen LogP contribution in [-0.2, 0) is 26.2 Å². The fourth-order valence-corrected chi connectivity index (χ4v) is 6.50. The number of sulfonamides is 1. The Balaban J connectivity index is 1.79. The van der Waals surface area contributed by atoms with Gasteiger partial charge in [-0.3, -0.25) is 13.9 Å². The Morgan fingerprint density at radius 1 is 1.03 bits per heavy atom. The largest absolute Gasteiger partial charge is 0.352 e. The number of benzene rings is 2. The third-order valence-electron chi connectivity index (χ3n) is 7.30. The van der Waals surface area contributed by atoms with Gasteiger partial charge in [0.2, 0.25) is 21.8 Å².